The number of rotatable bonds is 16. The quantitative estimate of drug-likeness (QED) is 0.0993. The molecule has 0 aromatic carbocycles. The predicted octanol–water partition coefficient (Wildman–Crippen LogP) is -4.16. The van der Waals surface area contributed by atoms with Gasteiger partial charge in [-0.15, -0.1) is 0 Å². The molecule has 16 heteroatoms. The van der Waals surface area contributed by atoms with Gasteiger partial charge in [0.2, 0.25) is 23.6 Å². The summed E-state index contributed by atoms with van der Waals surface area (Å²) in [6.07, 6.45) is -4.28. The van der Waals surface area contributed by atoms with E-state index in [1.165, 1.54) is 6.92 Å². The second-order valence-electron chi connectivity index (χ2n) is 7.32. The van der Waals surface area contributed by atoms with Gasteiger partial charge in [-0.1, -0.05) is 0 Å². The zero-order chi connectivity index (χ0) is 26.6. The van der Waals surface area contributed by atoms with Crippen LogP contribution in [0, 0.1) is 0 Å². The van der Waals surface area contributed by atoms with Crippen molar-refractivity contribution in [3.8, 4) is 0 Å². The fourth-order valence-electron chi connectivity index (χ4n) is 2.51. The molecule has 0 aromatic rings. The molecule has 0 bridgehead atoms. The number of hydrogen-bond donors (Lipinski definition) is 9. The van der Waals surface area contributed by atoms with Gasteiger partial charge in [-0.05, 0) is 19.8 Å². The molecular formula is C18H29N5O11. The highest BCUT2D eigenvalue weighted by molar-refractivity contribution is 5.95. The van der Waals surface area contributed by atoms with Crippen LogP contribution in [0.25, 0.3) is 0 Å². The average Bonchev–Trinajstić information content (AvgIpc) is 2.71. The number of carbonyl (C=O) groups is 7. The summed E-state index contributed by atoms with van der Waals surface area (Å²) >= 11 is 0. The van der Waals surface area contributed by atoms with E-state index in [4.69, 9.17) is 26.8 Å². The lowest BCUT2D eigenvalue weighted by atomic mass is 10.1. The molecule has 0 spiro atoms. The molecule has 5 atom stereocenters. The lowest BCUT2D eigenvalue weighted by molar-refractivity contribution is -0.144. The van der Waals surface area contributed by atoms with Gasteiger partial charge in [0, 0.05) is 12.8 Å². The summed E-state index contributed by atoms with van der Waals surface area (Å²) in [6.45, 7) is 1.20. The Balaban J connectivity index is 5.66. The summed E-state index contributed by atoms with van der Waals surface area (Å²) in [4.78, 5) is 81.4. The van der Waals surface area contributed by atoms with Crippen LogP contribution < -0.4 is 27.4 Å². The number of carboxylic acid groups (broad SMARTS) is 3. The molecule has 0 aliphatic carbocycles. The number of nitrogens with one attached hydrogen (secondary N) is 3. The van der Waals surface area contributed by atoms with Crippen molar-refractivity contribution >= 4 is 41.5 Å². The van der Waals surface area contributed by atoms with Gasteiger partial charge in [-0.25, -0.2) is 4.79 Å². The Hall–Kier alpha value is -3.79. The van der Waals surface area contributed by atoms with E-state index in [1.807, 2.05) is 5.32 Å². The van der Waals surface area contributed by atoms with Gasteiger partial charge in [0.15, 0.2) is 0 Å². The van der Waals surface area contributed by atoms with Crippen LogP contribution in [0.1, 0.15) is 39.0 Å². The third kappa shape index (κ3) is 11.7. The summed E-state index contributed by atoms with van der Waals surface area (Å²) in [5.41, 5.74) is 10.4. The Morgan fingerprint density at radius 1 is 0.735 bits per heavy atom. The summed E-state index contributed by atoms with van der Waals surface area (Å²) in [5.74, 6) is -8.59. The maximum absolute atomic E-state index is 12.7. The zero-order valence-corrected chi connectivity index (χ0v) is 18.2. The molecule has 5 unspecified atom stereocenters. The third-order valence-electron chi connectivity index (χ3n) is 4.40. The number of nitrogens with two attached hydrogens (primary N) is 2. The van der Waals surface area contributed by atoms with Gasteiger partial charge in [-0.2, -0.15) is 0 Å². The van der Waals surface area contributed by atoms with Gasteiger partial charge in [0.25, 0.3) is 0 Å². The number of primary amides is 1. The molecule has 34 heavy (non-hydrogen) atoms. The van der Waals surface area contributed by atoms with Gasteiger partial charge in [0.1, 0.15) is 24.2 Å². The number of hydrogen-bond acceptors (Lipinski definition) is 9. The van der Waals surface area contributed by atoms with Crippen LogP contribution in [0.5, 0.6) is 0 Å². The van der Waals surface area contributed by atoms with Gasteiger partial charge in [0.05, 0.1) is 12.5 Å². The van der Waals surface area contributed by atoms with Crippen LogP contribution in [0.4, 0.5) is 0 Å². The highest BCUT2D eigenvalue weighted by atomic mass is 16.4. The minimum Gasteiger partial charge on any atom is -0.481 e. The average molecular weight is 491 g/mol. The molecular weight excluding hydrogens is 462 g/mol. The number of amides is 4. The van der Waals surface area contributed by atoms with E-state index in [0.717, 1.165) is 0 Å². The Morgan fingerprint density at radius 2 is 1.12 bits per heavy atom. The predicted molar refractivity (Wildman–Crippen MR) is 111 cm³/mol. The topological polar surface area (TPSA) is 289 Å². The minimum absolute atomic E-state index is 0.452. The van der Waals surface area contributed by atoms with Crippen molar-refractivity contribution in [2.24, 2.45) is 11.5 Å². The van der Waals surface area contributed by atoms with Gasteiger partial charge in [-0.3, -0.25) is 28.8 Å². The smallest absolute Gasteiger partial charge is 0.326 e. The molecule has 0 rings (SSSR count). The summed E-state index contributed by atoms with van der Waals surface area (Å²) in [7, 11) is 0. The molecule has 0 aliphatic heterocycles. The van der Waals surface area contributed by atoms with Crippen molar-refractivity contribution in [3.05, 3.63) is 0 Å². The fraction of sp³-hybridized carbons (Fsp3) is 0.611. The number of carboxylic acids is 3. The number of aliphatic hydroxyl groups excluding tert-OH is 1. The SMILES string of the molecule is CC(O)C(N)C(=O)NC(CCC(=O)O)C(=O)NC(CCC(=O)O)C(=O)NC(CC(N)=O)C(=O)O. The molecule has 0 saturated heterocycles. The lowest BCUT2D eigenvalue weighted by Gasteiger charge is -2.25. The van der Waals surface area contributed by atoms with Gasteiger partial charge < -0.3 is 47.8 Å². The van der Waals surface area contributed by atoms with E-state index in [0.29, 0.717) is 0 Å². The maximum Gasteiger partial charge on any atom is 0.326 e. The molecule has 4 amide bonds. The van der Waals surface area contributed by atoms with Crippen LogP contribution >= 0.6 is 0 Å². The molecule has 0 aromatic heterocycles. The van der Waals surface area contributed by atoms with E-state index in [2.05, 4.69) is 10.6 Å². The first-order valence-electron chi connectivity index (χ1n) is 9.95. The summed E-state index contributed by atoms with van der Waals surface area (Å²) in [5, 5.41) is 42.6. The van der Waals surface area contributed by atoms with Crippen LogP contribution in [-0.2, 0) is 33.6 Å². The van der Waals surface area contributed by atoms with Crippen LogP contribution in [0.15, 0.2) is 0 Å². The molecule has 0 heterocycles. The van der Waals surface area contributed by atoms with E-state index in [-0.39, 0.29) is 0 Å². The Labute approximate surface area is 193 Å². The molecule has 0 aliphatic rings. The number of aliphatic hydroxyl groups is 1. The molecule has 16 nitrogen and oxygen atoms in total. The normalized spacial score (nSPS) is 15.0. The highest BCUT2D eigenvalue weighted by Gasteiger charge is 2.32. The van der Waals surface area contributed by atoms with Crippen molar-refractivity contribution in [3.63, 3.8) is 0 Å². The lowest BCUT2D eigenvalue weighted by Crippen LogP contribution is -2.58. The molecule has 11 N–H and O–H groups in total. The third-order valence-corrected chi connectivity index (χ3v) is 4.40. The summed E-state index contributed by atoms with van der Waals surface area (Å²) < 4.78 is 0. The van der Waals surface area contributed by atoms with E-state index in [9.17, 15) is 38.7 Å². The minimum atomic E-state index is -1.76. The summed E-state index contributed by atoms with van der Waals surface area (Å²) in [6, 6.07) is -6.40. The largest absolute Gasteiger partial charge is 0.481 e. The first kappa shape index (κ1) is 30.2. The first-order chi connectivity index (χ1) is 15.6. The molecule has 0 radical (unpaired) electrons. The van der Waals surface area contributed by atoms with Crippen molar-refractivity contribution < 1.29 is 54.0 Å². The molecule has 192 valence electrons. The van der Waals surface area contributed by atoms with Crippen molar-refractivity contribution in [1.82, 2.24) is 16.0 Å². The van der Waals surface area contributed by atoms with Gasteiger partial charge >= 0.3 is 17.9 Å². The monoisotopic (exact) mass is 491 g/mol. The number of carbonyl (C=O) groups excluding carboxylic acids is 4. The standard InChI is InChI=1S/C18H29N5O11/c1-7(24)14(20)17(32)22-9(3-5-13(28)29)15(30)21-8(2-4-12(26)27)16(31)23-10(18(33)34)6-11(19)25/h7-10,14,24H,2-6,20H2,1H3,(H2,19,25)(H,21,30)(H,22,32)(H,23,31)(H,26,27)(H,28,29)(H,33,34). The van der Waals surface area contributed by atoms with Crippen molar-refractivity contribution in [1.29, 1.82) is 0 Å². The van der Waals surface area contributed by atoms with Crippen molar-refractivity contribution in [2.45, 2.75) is 69.3 Å². The van der Waals surface area contributed by atoms with E-state index in [1.54, 1.807) is 0 Å². The highest BCUT2D eigenvalue weighted by Crippen LogP contribution is 2.05. The van der Waals surface area contributed by atoms with E-state index < -0.39 is 104 Å². The second kappa shape index (κ2) is 14.4. The van der Waals surface area contributed by atoms with Crippen LogP contribution in [0.3, 0.4) is 0 Å². The van der Waals surface area contributed by atoms with Crippen molar-refractivity contribution in [2.75, 3.05) is 0 Å². The first-order valence-corrected chi connectivity index (χ1v) is 9.95. The molecule has 0 fully saturated rings. The fourth-order valence-corrected chi connectivity index (χ4v) is 2.51. The Bertz CT molecular complexity index is 801. The molecule has 0 saturated carbocycles. The Kier molecular flexibility index (Phi) is 12.8. The Morgan fingerprint density at radius 3 is 1.44 bits per heavy atom. The maximum atomic E-state index is 12.7. The zero-order valence-electron chi connectivity index (χ0n) is 18.2. The van der Waals surface area contributed by atoms with E-state index >= 15 is 0 Å². The van der Waals surface area contributed by atoms with Crippen LogP contribution in [0.2, 0.25) is 0 Å². The van der Waals surface area contributed by atoms with Crippen LogP contribution in [-0.4, -0.2) is 92.2 Å². The number of aliphatic carboxylic acids is 3. The second-order valence-corrected chi connectivity index (χ2v) is 7.32.